The number of benzene rings is 7. The molecule has 0 saturated carbocycles. The molecule has 0 radical (unpaired) electrons. The molecular formula is C62H50N2. The summed E-state index contributed by atoms with van der Waals surface area (Å²) in [4.78, 5) is 4.88. The van der Waals surface area contributed by atoms with E-state index in [-0.39, 0.29) is 6.04 Å². The van der Waals surface area contributed by atoms with Crippen molar-refractivity contribution in [2.75, 3.05) is 9.80 Å². The maximum Gasteiger partial charge on any atom is 0.0557 e. The van der Waals surface area contributed by atoms with Crippen LogP contribution in [0.15, 0.2) is 272 Å². The Morgan fingerprint density at radius 3 is 1.47 bits per heavy atom. The van der Waals surface area contributed by atoms with Crippen molar-refractivity contribution in [3.05, 3.63) is 289 Å². The van der Waals surface area contributed by atoms with Crippen LogP contribution in [-0.4, -0.2) is 6.04 Å². The van der Waals surface area contributed by atoms with Crippen LogP contribution in [0.5, 0.6) is 0 Å². The van der Waals surface area contributed by atoms with E-state index in [2.05, 4.69) is 271 Å². The predicted molar refractivity (Wildman–Crippen MR) is 273 cm³/mol. The van der Waals surface area contributed by atoms with Crippen LogP contribution >= 0.6 is 0 Å². The molecule has 7 aromatic rings. The smallest absolute Gasteiger partial charge is 0.0557 e. The first kappa shape index (κ1) is 40.2. The summed E-state index contributed by atoms with van der Waals surface area (Å²) in [5.41, 5.74) is 18.2. The van der Waals surface area contributed by atoms with Crippen LogP contribution < -0.4 is 9.80 Å². The Kier molecular flexibility index (Phi) is 11.9. The van der Waals surface area contributed by atoms with Crippen LogP contribution in [0.3, 0.4) is 0 Å². The molecule has 0 aromatic heterocycles. The summed E-state index contributed by atoms with van der Waals surface area (Å²) in [5, 5.41) is 0. The number of para-hydroxylation sites is 1. The number of hydrogen-bond donors (Lipinski definition) is 0. The second-order valence-electron chi connectivity index (χ2n) is 16.4. The lowest BCUT2D eigenvalue weighted by molar-refractivity contribution is 0.744. The van der Waals surface area contributed by atoms with Crippen molar-refractivity contribution in [3.8, 4) is 22.3 Å². The Morgan fingerprint density at radius 2 is 0.859 bits per heavy atom. The van der Waals surface area contributed by atoms with E-state index in [1.807, 2.05) is 0 Å². The molecule has 308 valence electrons. The third kappa shape index (κ3) is 9.00. The SMILES string of the molecule is C1=CC(N(c2ccccc2)c2ccc(-c3ccc(N(C4=CC=C(c5ccccc5)C=CC4)C4C=CC(c5ccccc5)=CC4)cc3)cc2)=CC=C(c2ccc(-c3ccccc3)cc2)C1. The molecule has 3 aliphatic rings. The van der Waals surface area contributed by atoms with E-state index < -0.39 is 0 Å². The third-order valence-electron chi connectivity index (χ3n) is 12.3. The molecule has 2 heteroatoms. The minimum absolute atomic E-state index is 0.186. The largest absolute Gasteiger partial charge is 0.338 e. The zero-order valence-electron chi connectivity index (χ0n) is 35.9. The average Bonchev–Trinajstić information content (AvgIpc) is 3.78. The fourth-order valence-electron chi connectivity index (χ4n) is 8.96. The van der Waals surface area contributed by atoms with Gasteiger partial charge in [0, 0.05) is 34.9 Å². The van der Waals surface area contributed by atoms with Crippen molar-refractivity contribution in [3.63, 3.8) is 0 Å². The van der Waals surface area contributed by atoms with Gasteiger partial charge in [-0.15, -0.1) is 0 Å². The maximum absolute atomic E-state index is 2.53. The maximum atomic E-state index is 2.53. The number of rotatable bonds is 11. The predicted octanol–water partition coefficient (Wildman–Crippen LogP) is 16.2. The Morgan fingerprint density at radius 1 is 0.359 bits per heavy atom. The fourth-order valence-corrected chi connectivity index (χ4v) is 8.96. The van der Waals surface area contributed by atoms with Crippen LogP contribution in [0, 0.1) is 0 Å². The summed E-state index contributed by atoms with van der Waals surface area (Å²) < 4.78 is 0. The van der Waals surface area contributed by atoms with E-state index in [0.29, 0.717) is 0 Å². The van der Waals surface area contributed by atoms with Gasteiger partial charge in [-0.1, -0.05) is 206 Å². The molecule has 0 saturated heterocycles. The van der Waals surface area contributed by atoms with Crippen molar-refractivity contribution in [2.45, 2.75) is 25.3 Å². The van der Waals surface area contributed by atoms with Crippen LogP contribution in [0.4, 0.5) is 17.1 Å². The first-order chi connectivity index (χ1) is 31.7. The van der Waals surface area contributed by atoms with E-state index in [1.54, 1.807) is 0 Å². The highest BCUT2D eigenvalue weighted by Crippen LogP contribution is 2.37. The summed E-state index contributed by atoms with van der Waals surface area (Å²) in [6, 6.07) is 69.9. The van der Waals surface area contributed by atoms with Gasteiger partial charge < -0.3 is 9.80 Å². The van der Waals surface area contributed by atoms with Gasteiger partial charge in [-0.2, -0.15) is 0 Å². The molecule has 0 aliphatic heterocycles. The second kappa shape index (κ2) is 19.0. The summed E-state index contributed by atoms with van der Waals surface area (Å²) in [6.07, 6.45) is 27.9. The van der Waals surface area contributed by atoms with Gasteiger partial charge in [0.1, 0.15) is 0 Å². The quantitative estimate of drug-likeness (QED) is 0.128. The van der Waals surface area contributed by atoms with Gasteiger partial charge in [-0.05, 0) is 123 Å². The molecule has 2 nitrogen and oxygen atoms in total. The normalized spacial score (nSPS) is 15.8. The molecular weight excluding hydrogens is 773 g/mol. The molecule has 0 fully saturated rings. The number of hydrogen-bond acceptors (Lipinski definition) is 2. The van der Waals surface area contributed by atoms with Gasteiger partial charge in [0.15, 0.2) is 0 Å². The highest BCUT2D eigenvalue weighted by atomic mass is 15.2. The van der Waals surface area contributed by atoms with E-state index in [9.17, 15) is 0 Å². The number of allylic oxidation sites excluding steroid dienone is 12. The van der Waals surface area contributed by atoms with Gasteiger partial charge in [0.2, 0.25) is 0 Å². The zero-order valence-corrected chi connectivity index (χ0v) is 35.9. The monoisotopic (exact) mass is 822 g/mol. The molecule has 0 bridgehead atoms. The Hall–Kier alpha value is -7.94. The topological polar surface area (TPSA) is 6.48 Å². The lowest BCUT2D eigenvalue weighted by atomic mass is 9.95. The second-order valence-corrected chi connectivity index (χ2v) is 16.4. The van der Waals surface area contributed by atoms with Gasteiger partial charge in [0.25, 0.3) is 0 Å². The van der Waals surface area contributed by atoms with Crippen LogP contribution in [0.25, 0.3) is 39.0 Å². The molecule has 10 rings (SSSR count). The molecule has 0 amide bonds. The third-order valence-corrected chi connectivity index (χ3v) is 12.3. The van der Waals surface area contributed by atoms with Crippen LogP contribution in [0.1, 0.15) is 36.0 Å². The summed E-state index contributed by atoms with van der Waals surface area (Å²) in [6.45, 7) is 0. The van der Waals surface area contributed by atoms with Gasteiger partial charge in [-0.25, -0.2) is 0 Å². The van der Waals surface area contributed by atoms with E-state index in [1.165, 1.54) is 67.0 Å². The molecule has 1 atom stereocenters. The molecule has 7 aromatic carbocycles. The molecule has 64 heavy (non-hydrogen) atoms. The van der Waals surface area contributed by atoms with Crippen LogP contribution in [0.2, 0.25) is 0 Å². The summed E-state index contributed by atoms with van der Waals surface area (Å²) in [7, 11) is 0. The fraction of sp³-hybridized carbons (Fsp3) is 0.0645. The van der Waals surface area contributed by atoms with E-state index >= 15 is 0 Å². The lowest BCUT2D eigenvalue weighted by Crippen LogP contribution is -2.33. The molecule has 1 unspecified atom stereocenters. The first-order valence-corrected chi connectivity index (χ1v) is 22.4. The standard InChI is InChI=1S/C62H50N2/c1-5-15-47(16-6-1)50-21-13-26-59(39-31-50)64(61-41-33-54(34-42-61)49-19-9-3-10-20-49)62-45-37-56(38-46-62)55-35-43-60(44-36-55)63(57-23-11-4-12-24-57)58-25-14-22-51(32-40-58)53-29-27-52(28-30-53)48-17-7-2-8-18-48/h1-21,23-25,27-41,43-46,61H,22,26,42H2. The molecule has 0 N–H and O–H groups in total. The van der Waals surface area contributed by atoms with Crippen molar-refractivity contribution >= 4 is 33.8 Å². The summed E-state index contributed by atoms with van der Waals surface area (Å²) in [5.74, 6) is 0. The van der Waals surface area contributed by atoms with Crippen molar-refractivity contribution in [1.82, 2.24) is 0 Å². The van der Waals surface area contributed by atoms with Crippen LogP contribution in [-0.2, 0) is 0 Å². The van der Waals surface area contributed by atoms with E-state index in [4.69, 9.17) is 0 Å². The molecule has 3 aliphatic carbocycles. The van der Waals surface area contributed by atoms with Crippen molar-refractivity contribution in [1.29, 1.82) is 0 Å². The molecule has 0 spiro atoms. The minimum Gasteiger partial charge on any atom is -0.338 e. The number of nitrogens with zero attached hydrogens (tertiary/aromatic N) is 2. The lowest BCUT2D eigenvalue weighted by Gasteiger charge is -2.35. The Labute approximate surface area is 378 Å². The minimum atomic E-state index is 0.186. The highest BCUT2D eigenvalue weighted by Gasteiger charge is 2.23. The number of anilines is 3. The highest BCUT2D eigenvalue weighted by molar-refractivity contribution is 5.80. The summed E-state index contributed by atoms with van der Waals surface area (Å²) >= 11 is 0. The Balaban J connectivity index is 0.920. The Bertz CT molecular complexity index is 2950. The van der Waals surface area contributed by atoms with Gasteiger partial charge in [-0.3, -0.25) is 0 Å². The van der Waals surface area contributed by atoms with Gasteiger partial charge >= 0.3 is 0 Å². The molecule has 0 heterocycles. The first-order valence-electron chi connectivity index (χ1n) is 22.4. The van der Waals surface area contributed by atoms with E-state index in [0.717, 1.165) is 36.3 Å². The van der Waals surface area contributed by atoms with Crippen molar-refractivity contribution in [2.24, 2.45) is 0 Å². The van der Waals surface area contributed by atoms with Crippen molar-refractivity contribution < 1.29 is 0 Å². The van der Waals surface area contributed by atoms with Gasteiger partial charge in [0.05, 0.1) is 6.04 Å². The zero-order chi connectivity index (χ0) is 42.9. The average molecular weight is 823 g/mol.